The molecule has 3 heterocycles. The Morgan fingerprint density at radius 3 is 2.64 bits per heavy atom. The van der Waals surface area contributed by atoms with Gasteiger partial charge in [-0.2, -0.15) is 4.98 Å². The van der Waals surface area contributed by atoms with Crippen LogP contribution < -0.4 is 10.9 Å². The van der Waals surface area contributed by atoms with Crippen molar-refractivity contribution in [2.24, 2.45) is 0 Å². The fourth-order valence-electron chi connectivity index (χ4n) is 3.91. The third kappa shape index (κ3) is 5.90. The van der Waals surface area contributed by atoms with E-state index in [1.165, 1.54) is 0 Å². The quantitative estimate of drug-likeness (QED) is 0.317. The molecule has 0 saturated heterocycles. The lowest BCUT2D eigenvalue weighted by Crippen LogP contribution is -2.23. The number of aryl methyl sites for hydroxylation is 2. The van der Waals surface area contributed by atoms with E-state index in [0.29, 0.717) is 54.0 Å². The molecule has 8 nitrogen and oxygen atoms in total. The van der Waals surface area contributed by atoms with E-state index in [4.69, 9.17) is 16.3 Å². The summed E-state index contributed by atoms with van der Waals surface area (Å²) in [6.45, 7) is 6.99. The summed E-state index contributed by atoms with van der Waals surface area (Å²) in [7, 11) is 4.02. The van der Waals surface area contributed by atoms with Crippen molar-refractivity contribution in [1.29, 1.82) is 0 Å². The van der Waals surface area contributed by atoms with E-state index in [1.54, 1.807) is 10.8 Å². The van der Waals surface area contributed by atoms with Crippen molar-refractivity contribution in [2.45, 2.75) is 20.4 Å². The van der Waals surface area contributed by atoms with Crippen LogP contribution in [0.5, 0.6) is 0 Å². The number of hydrogen-bond donors (Lipinski definition) is 1. The number of rotatable bonds is 10. The zero-order chi connectivity index (χ0) is 25.7. The molecule has 0 spiro atoms. The maximum absolute atomic E-state index is 13.5. The Balaban J connectivity index is 1.60. The second-order valence-electron chi connectivity index (χ2n) is 8.78. The molecular weight excluding hydrogens is 476 g/mol. The average molecular weight is 507 g/mol. The van der Waals surface area contributed by atoms with E-state index in [9.17, 15) is 4.79 Å². The molecule has 0 aliphatic rings. The number of hydrogen-bond acceptors (Lipinski definition) is 7. The van der Waals surface area contributed by atoms with Crippen LogP contribution in [-0.4, -0.2) is 64.8 Å². The SMILES string of the molecule is CCn1c(=O)c(-c2ccc(-c3cccc(C)n3)cc2Cl)cc2cnc(NCCOCCN(C)C)nc21. The van der Waals surface area contributed by atoms with Crippen LogP contribution in [0.2, 0.25) is 5.02 Å². The highest BCUT2D eigenvalue weighted by Crippen LogP contribution is 2.31. The van der Waals surface area contributed by atoms with Gasteiger partial charge in [0.15, 0.2) is 0 Å². The maximum Gasteiger partial charge on any atom is 0.260 e. The minimum atomic E-state index is -0.148. The Labute approximate surface area is 215 Å². The van der Waals surface area contributed by atoms with Gasteiger partial charge in [-0.15, -0.1) is 0 Å². The first-order chi connectivity index (χ1) is 17.4. The number of aromatic nitrogens is 4. The number of ether oxygens (including phenoxy) is 1. The van der Waals surface area contributed by atoms with Crippen molar-refractivity contribution in [2.75, 3.05) is 45.7 Å². The number of pyridine rings is 2. The smallest absolute Gasteiger partial charge is 0.260 e. The Morgan fingerprint density at radius 2 is 1.92 bits per heavy atom. The maximum atomic E-state index is 13.5. The summed E-state index contributed by atoms with van der Waals surface area (Å²) in [5.74, 6) is 0.459. The van der Waals surface area contributed by atoms with E-state index in [1.807, 2.05) is 70.4 Å². The summed E-state index contributed by atoms with van der Waals surface area (Å²) in [4.78, 5) is 29.1. The summed E-state index contributed by atoms with van der Waals surface area (Å²) in [6, 6.07) is 13.3. The van der Waals surface area contributed by atoms with Gasteiger partial charge in [0.2, 0.25) is 5.95 Å². The number of anilines is 1. The Bertz CT molecular complexity index is 1420. The first kappa shape index (κ1) is 25.8. The number of benzene rings is 1. The number of halogens is 1. The van der Waals surface area contributed by atoms with Crippen molar-refractivity contribution in [3.8, 4) is 22.4 Å². The molecule has 0 fully saturated rings. The average Bonchev–Trinajstić information content (AvgIpc) is 2.86. The van der Waals surface area contributed by atoms with Gasteiger partial charge < -0.3 is 15.0 Å². The molecule has 4 rings (SSSR count). The third-order valence-electron chi connectivity index (χ3n) is 5.80. The topological polar surface area (TPSA) is 85.2 Å². The van der Waals surface area contributed by atoms with Crippen LogP contribution in [0.3, 0.4) is 0 Å². The molecule has 0 aliphatic carbocycles. The highest BCUT2D eigenvalue weighted by Gasteiger charge is 2.15. The number of nitrogens with zero attached hydrogens (tertiary/aromatic N) is 5. The normalized spacial score (nSPS) is 11.4. The zero-order valence-electron chi connectivity index (χ0n) is 21.1. The summed E-state index contributed by atoms with van der Waals surface area (Å²) in [6.07, 6.45) is 1.73. The summed E-state index contributed by atoms with van der Waals surface area (Å²) in [5.41, 5.74) is 4.27. The van der Waals surface area contributed by atoms with Gasteiger partial charge >= 0.3 is 0 Å². The molecule has 36 heavy (non-hydrogen) atoms. The molecule has 0 amide bonds. The Morgan fingerprint density at radius 1 is 1.08 bits per heavy atom. The first-order valence-electron chi connectivity index (χ1n) is 12.0. The van der Waals surface area contributed by atoms with Crippen LogP contribution >= 0.6 is 11.6 Å². The van der Waals surface area contributed by atoms with E-state index >= 15 is 0 Å². The van der Waals surface area contributed by atoms with Crippen LogP contribution in [-0.2, 0) is 11.3 Å². The van der Waals surface area contributed by atoms with Crippen molar-refractivity contribution >= 4 is 28.6 Å². The molecule has 0 atom stereocenters. The van der Waals surface area contributed by atoms with E-state index in [2.05, 4.69) is 25.2 Å². The lowest BCUT2D eigenvalue weighted by molar-refractivity contribution is 0.126. The van der Waals surface area contributed by atoms with Gasteiger partial charge in [-0.05, 0) is 52.2 Å². The third-order valence-corrected chi connectivity index (χ3v) is 6.11. The van der Waals surface area contributed by atoms with Crippen LogP contribution in [0.25, 0.3) is 33.4 Å². The van der Waals surface area contributed by atoms with Gasteiger partial charge in [-0.25, -0.2) is 4.98 Å². The number of nitrogens with one attached hydrogen (secondary N) is 1. The van der Waals surface area contributed by atoms with Crippen molar-refractivity contribution < 1.29 is 4.74 Å². The summed E-state index contributed by atoms with van der Waals surface area (Å²) < 4.78 is 7.25. The number of fused-ring (bicyclic) bond motifs is 1. The van der Waals surface area contributed by atoms with Gasteiger partial charge in [-0.1, -0.05) is 29.8 Å². The molecule has 188 valence electrons. The van der Waals surface area contributed by atoms with Crippen LogP contribution in [0.1, 0.15) is 12.6 Å². The zero-order valence-corrected chi connectivity index (χ0v) is 21.8. The molecule has 9 heteroatoms. The predicted octanol–water partition coefficient (Wildman–Crippen LogP) is 4.49. The van der Waals surface area contributed by atoms with Crippen molar-refractivity contribution in [3.05, 3.63) is 69.7 Å². The largest absolute Gasteiger partial charge is 0.378 e. The van der Waals surface area contributed by atoms with Crippen LogP contribution in [0, 0.1) is 6.92 Å². The molecule has 4 aromatic rings. The number of likely N-dealkylation sites (N-methyl/N-ethyl adjacent to an activating group) is 1. The fraction of sp³-hybridized carbons (Fsp3) is 0.333. The monoisotopic (exact) mass is 506 g/mol. The molecule has 0 bridgehead atoms. The minimum Gasteiger partial charge on any atom is -0.378 e. The molecule has 0 aliphatic heterocycles. The molecule has 0 radical (unpaired) electrons. The molecule has 1 aromatic carbocycles. The molecule has 1 N–H and O–H groups in total. The lowest BCUT2D eigenvalue weighted by atomic mass is 10.0. The molecule has 3 aromatic heterocycles. The van der Waals surface area contributed by atoms with Crippen molar-refractivity contribution in [1.82, 2.24) is 24.4 Å². The lowest BCUT2D eigenvalue weighted by Gasteiger charge is -2.13. The second kappa shape index (κ2) is 11.6. The summed E-state index contributed by atoms with van der Waals surface area (Å²) >= 11 is 6.68. The van der Waals surface area contributed by atoms with E-state index in [0.717, 1.165) is 28.9 Å². The minimum absolute atomic E-state index is 0.148. The van der Waals surface area contributed by atoms with Gasteiger partial charge in [0, 0.05) is 58.6 Å². The standard InChI is InChI=1S/C27H31ClN6O2/c1-5-34-25-20(17-30-27(32-25)29-11-13-36-14-12-33(3)4)15-22(26(34)35)21-10-9-19(16-23(21)28)24-8-6-7-18(2)31-24/h6-10,15-17H,5,11-14H2,1-4H3,(H,29,30,32). The van der Waals surface area contributed by atoms with Gasteiger partial charge in [0.1, 0.15) is 5.65 Å². The second-order valence-corrected chi connectivity index (χ2v) is 9.19. The molecular formula is C27H31ClN6O2. The molecule has 0 unspecified atom stereocenters. The van der Waals surface area contributed by atoms with Crippen molar-refractivity contribution in [3.63, 3.8) is 0 Å². The van der Waals surface area contributed by atoms with Gasteiger partial charge in [0.05, 0.1) is 18.9 Å². The van der Waals surface area contributed by atoms with E-state index in [-0.39, 0.29) is 5.56 Å². The summed E-state index contributed by atoms with van der Waals surface area (Å²) in [5, 5.41) is 4.43. The Kier molecular flexibility index (Phi) is 8.30. The highest BCUT2D eigenvalue weighted by atomic mass is 35.5. The first-order valence-corrected chi connectivity index (χ1v) is 12.4. The van der Waals surface area contributed by atoms with E-state index < -0.39 is 0 Å². The Hall–Kier alpha value is -3.33. The van der Waals surface area contributed by atoms with Crippen LogP contribution in [0.4, 0.5) is 5.95 Å². The predicted molar refractivity (Wildman–Crippen MR) is 146 cm³/mol. The fourth-order valence-corrected chi connectivity index (χ4v) is 4.19. The van der Waals surface area contributed by atoms with Gasteiger partial charge in [0.25, 0.3) is 5.56 Å². The molecule has 0 saturated carbocycles. The highest BCUT2D eigenvalue weighted by molar-refractivity contribution is 6.33. The van der Waals surface area contributed by atoms with Gasteiger partial charge in [-0.3, -0.25) is 14.3 Å². The van der Waals surface area contributed by atoms with Crippen LogP contribution in [0.15, 0.2) is 53.5 Å².